The predicted molar refractivity (Wildman–Crippen MR) is 76.1 cm³/mol. The van der Waals surface area contributed by atoms with Crippen LogP contribution in [-0.2, 0) is 5.33 Å². The normalized spacial score (nSPS) is 10.4. The molecule has 0 aliphatic rings. The van der Waals surface area contributed by atoms with E-state index in [4.69, 9.17) is 4.74 Å². The molecule has 1 aromatic heterocycles. The molecule has 2 rings (SSSR count). The van der Waals surface area contributed by atoms with Gasteiger partial charge in [0.2, 0.25) is 0 Å². The molecule has 2 aromatic rings. The summed E-state index contributed by atoms with van der Waals surface area (Å²) < 4.78 is 5.25. The lowest BCUT2D eigenvalue weighted by molar-refractivity contribution is 0.412. The van der Waals surface area contributed by atoms with E-state index in [1.54, 1.807) is 7.11 Å². The first-order valence-electron chi connectivity index (χ1n) is 5.69. The standard InChI is InChI=1S/C14H15BrN2O/c1-9-6-11(4-5-13(9)18-3)14-16-8-12(7-15)10(2)17-14/h4-6,8H,7H2,1-3H3. The summed E-state index contributed by atoms with van der Waals surface area (Å²) in [5.74, 6) is 1.63. The van der Waals surface area contributed by atoms with Crippen LogP contribution < -0.4 is 4.74 Å². The highest BCUT2D eigenvalue weighted by atomic mass is 79.9. The summed E-state index contributed by atoms with van der Waals surface area (Å²) in [5, 5.41) is 0.779. The molecule has 0 fully saturated rings. The number of rotatable bonds is 3. The fourth-order valence-corrected chi connectivity index (χ4v) is 2.33. The average molecular weight is 307 g/mol. The molecule has 0 amide bonds. The topological polar surface area (TPSA) is 35.0 Å². The quantitative estimate of drug-likeness (QED) is 0.812. The minimum Gasteiger partial charge on any atom is -0.496 e. The number of nitrogens with zero attached hydrogens (tertiary/aromatic N) is 2. The number of ether oxygens (including phenoxy) is 1. The number of methoxy groups -OCH3 is 1. The molecule has 0 aliphatic heterocycles. The molecular weight excluding hydrogens is 292 g/mol. The molecule has 94 valence electrons. The summed E-state index contributed by atoms with van der Waals surface area (Å²) in [6, 6.07) is 5.97. The van der Waals surface area contributed by atoms with E-state index >= 15 is 0 Å². The van der Waals surface area contributed by atoms with Crippen LogP contribution in [0.3, 0.4) is 0 Å². The van der Waals surface area contributed by atoms with Gasteiger partial charge in [-0.15, -0.1) is 0 Å². The molecule has 0 bridgehead atoms. The van der Waals surface area contributed by atoms with Gasteiger partial charge in [0.1, 0.15) is 5.75 Å². The van der Waals surface area contributed by atoms with E-state index in [1.165, 1.54) is 0 Å². The van der Waals surface area contributed by atoms with E-state index in [0.29, 0.717) is 0 Å². The molecule has 0 saturated carbocycles. The largest absolute Gasteiger partial charge is 0.496 e. The maximum absolute atomic E-state index is 5.25. The van der Waals surface area contributed by atoms with Crippen LogP contribution in [0.4, 0.5) is 0 Å². The van der Waals surface area contributed by atoms with Crippen LogP contribution in [0.5, 0.6) is 5.75 Å². The van der Waals surface area contributed by atoms with E-state index < -0.39 is 0 Å². The second kappa shape index (κ2) is 5.48. The Hall–Kier alpha value is -1.42. The summed E-state index contributed by atoms with van der Waals surface area (Å²) in [4.78, 5) is 8.92. The van der Waals surface area contributed by atoms with Gasteiger partial charge in [0, 0.05) is 28.3 Å². The SMILES string of the molecule is COc1ccc(-c2ncc(CBr)c(C)n2)cc1C. The highest BCUT2D eigenvalue weighted by Gasteiger charge is 2.07. The molecule has 18 heavy (non-hydrogen) atoms. The number of aromatic nitrogens is 2. The van der Waals surface area contributed by atoms with Crippen molar-refractivity contribution in [2.45, 2.75) is 19.2 Å². The van der Waals surface area contributed by atoms with E-state index in [2.05, 4.69) is 25.9 Å². The fraction of sp³-hybridized carbons (Fsp3) is 0.286. The van der Waals surface area contributed by atoms with E-state index in [1.807, 2.05) is 38.2 Å². The van der Waals surface area contributed by atoms with Gasteiger partial charge in [0.05, 0.1) is 7.11 Å². The lowest BCUT2D eigenvalue weighted by atomic mass is 10.1. The molecular formula is C14H15BrN2O. The summed E-state index contributed by atoms with van der Waals surface area (Å²) in [6.07, 6.45) is 1.87. The Morgan fingerprint density at radius 1 is 1.28 bits per heavy atom. The molecule has 0 atom stereocenters. The van der Waals surface area contributed by atoms with E-state index in [9.17, 15) is 0 Å². The Bertz CT molecular complexity index is 518. The first kappa shape index (κ1) is 13.0. The summed E-state index contributed by atoms with van der Waals surface area (Å²) in [5.41, 5.74) is 4.22. The predicted octanol–water partition coefficient (Wildman–Crippen LogP) is 3.66. The highest BCUT2D eigenvalue weighted by Crippen LogP contribution is 2.24. The molecule has 0 unspecified atom stereocenters. The van der Waals surface area contributed by atoms with Gasteiger partial charge in [0.15, 0.2) is 5.82 Å². The van der Waals surface area contributed by atoms with Crippen molar-refractivity contribution in [3.63, 3.8) is 0 Å². The third-order valence-corrected chi connectivity index (χ3v) is 3.48. The molecule has 0 radical (unpaired) electrons. The minimum atomic E-state index is 0.753. The van der Waals surface area contributed by atoms with Crippen LogP contribution in [0.2, 0.25) is 0 Å². The van der Waals surface area contributed by atoms with Gasteiger partial charge >= 0.3 is 0 Å². The van der Waals surface area contributed by atoms with Gasteiger partial charge in [-0.05, 0) is 37.6 Å². The molecule has 1 heterocycles. The van der Waals surface area contributed by atoms with Crippen molar-refractivity contribution in [2.75, 3.05) is 7.11 Å². The van der Waals surface area contributed by atoms with Crippen molar-refractivity contribution < 1.29 is 4.74 Å². The molecule has 3 nitrogen and oxygen atoms in total. The van der Waals surface area contributed by atoms with Crippen LogP contribution in [0, 0.1) is 13.8 Å². The van der Waals surface area contributed by atoms with Crippen molar-refractivity contribution in [1.29, 1.82) is 0 Å². The third-order valence-electron chi connectivity index (χ3n) is 2.88. The third kappa shape index (κ3) is 2.53. The Balaban J connectivity index is 2.42. The van der Waals surface area contributed by atoms with Gasteiger partial charge in [-0.1, -0.05) is 15.9 Å². The van der Waals surface area contributed by atoms with Crippen molar-refractivity contribution in [3.05, 3.63) is 41.2 Å². The summed E-state index contributed by atoms with van der Waals surface area (Å²) in [6.45, 7) is 4.01. The van der Waals surface area contributed by atoms with Crippen LogP contribution in [0.25, 0.3) is 11.4 Å². The Labute approximate surface area is 115 Å². The van der Waals surface area contributed by atoms with E-state index in [-0.39, 0.29) is 0 Å². The van der Waals surface area contributed by atoms with Crippen LogP contribution in [0.15, 0.2) is 24.4 Å². The summed E-state index contributed by atoms with van der Waals surface area (Å²) in [7, 11) is 1.67. The van der Waals surface area contributed by atoms with Crippen LogP contribution in [0.1, 0.15) is 16.8 Å². The van der Waals surface area contributed by atoms with Gasteiger partial charge < -0.3 is 4.74 Å². The molecule has 0 saturated heterocycles. The first-order valence-corrected chi connectivity index (χ1v) is 6.81. The lowest BCUT2D eigenvalue weighted by Gasteiger charge is -2.08. The van der Waals surface area contributed by atoms with Gasteiger partial charge in [-0.2, -0.15) is 0 Å². The second-order valence-corrected chi connectivity index (χ2v) is 4.68. The molecule has 0 N–H and O–H groups in total. The molecule has 0 spiro atoms. The first-order chi connectivity index (χ1) is 8.65. The number of hydrogen-bond donors (Lipinski definition) is 0. The van der Waals surface area contributed by atoms with Gasteiger partial charge in [-0.25, -0.2) is 9.97 Å². The highest BCUT2D eigenvalue weighted by molar-refractivity contribution is 9.08. The van der Waals surface area contributed by atoms with Crippen LogP contribution >= 0.6 is 15.9 Å². The maximum atomic E-state index is 5.25. The Morgan fingerprint density at radius 2 is 2.06 bits per heavy atom. The van der Waals surface area contributed by atoms with Gasteiger partial charge in [-0.3, -0.25) is 0 Å². The lowest BCUT2D eigenvalue weighted by Crippen LogP contribution is -1.96. The zero-order valence-electron chi connectivity index (χ0n) is 10.7. The smallest absolute Gasteiger partial charge is 0.159 e. The van der Waals surface area contributed by atoms with E-state index in [0.717, 1.165) is 39.3 Å². The fourth-order valence-electron chi connectivity index (χ4n) is 1.78. The number of aryl methyl sites for hydroxylation is 2. The van der Waals surface area contributed by atoms with Crippen molar-refractivity contribution in [2.24, 2.45) is 0 Å². The Kier molecular flexibility index (Phi) is 3.97. The molecule has 0 aliphatic carbocycles. The van der Waals surface area contributed by atoms with Crippen molar-refractivity contribution in [3.8, 4) is 17.1 Å². The van der Waals surface area contributed by atoms with Crippen LogP contribution in [-0.4, -0.2) is 17.1 Å². The number of halogens is 1. The number of alkyl halides is 1. The minimum absolute atomic E-state index is 0.753. The summed E-state index contributed by atoms with van der Waals surface area (Å²) >= 11 is 3.42. The van der Waals surface area contributed by atoms with Crippen molar-refractivity contribution in [1.82, 2.24) is 9.97 Å². The second-order valence-electron chi connectivity index (χ2n) is 4.12. The molecule has 4 heteroatoms. The van der Waals surface area contributed by atoms with Crippen molar-refractivity contribution >= 4 is 15.9 Å². The number of benzene rings is 1. The molecule has 1 aromatic carbocycles. The average Bonchev–Trinajstić information content (AvgIpc) is 2.38. The number of hydrogen-bond acceptors (Lipinski definition) is 3. The Morgan fingerprint density at radius 3 is 2.61 bits per heavy atom. The monoisotopic (exact) mass is 306 g/mol. The zero-order chi connectivity index (χ0) is 13.1. The maximum Gasteiger partial charge on any atom is 0.159 e. The van der Waals surface area contributed by atoms with Gasteiger partial charge in [0.25, 0.3) is 0 Å². The zero-order valence-corrected chi connectivity index (χ0v) is 12.3.